The predicted molar refractivity (Wildman–Crippen MR) is 91.3 cm³/mol. The van der Waals surface area contributed by atoms with Crippen LogP contribution in [0.4, 0.5) is 13.2 Å². The Morgan fingerprint density at radius 2 is 1.85 bits per heavy atom. The predicted octanol–water partition coefficient (Wildman–Crippen LogP) is 3.55. The number of halogens is 3. The number of carbonyl (C=O) groups excluding carboxylic acids is 1. The summed E-state index contributed by atoms with van der Waals surface area (Å²) in [6, 6.07) is 12.8. The summed E-state index contributed by atoms with van der Waals surface area (Å²) >= 11 is 0. The van der Waals surface area contributed by atoms with Gasteiger partial charge in [-0.05, 0) is 17.5 Å². The van der Waals surface area contributed by atoms with Crippen LogP contribution in [0, 0.1) is 0 Å². The highest BCUT2D eigenvalue weighted by atomic mass is 19.4. The average Bonchev–Trinajstić information content (AvgIpc) is 2.63. The lowest BCUT2D eigenvalue weighted by Gasteiger charge is -2.38. The van der Waals surface area contributed by atoms with Crippen molar-refractivity contribution in [1.82, 2.24) is 14.9 Å². The fourth-order valence-electron chi connectivity index (χ4n) is 2.93. The second kappa shape index (κ2) is 6.53. The number of pyridine rings is 2. The van der Waals surface area contributed by atoms with Gasteiger partial charge in [-0.2, -0.15) is 13.2 Å². The van der Waals surface area contributed by atoms with Crippen molar-refractivity contribution in [3.63, 3.8) is 0 Å². The minimum Gasteiger partial charge on any atom is -0.471 e. The van der Waals surface area contributed by atoms with E-state index in [1.54, 1.807) is 11.1 Å². The average molecular weight is 373 g/mol. The van der Waals surface area contributed by atoms with E-state index in [4.69, 9.17) is 4.74 Å². The topological polar surface area (TPSA) is 55.3 Å². The maximum Gasteiger partial charge on any atom is 0.433 e. The number of likely N-dealkylation sites (tertiary alicyclic amines) is 1. The Labute approximate surface area is 152 Å². The maximum absolute atomic E-state index is 12.7. The molecule has 1 fully saturated rings. The quantitative estimate of drug-likeness (QED) is 0.705. The summed E-state index contributed by atoms with van der Waals surface area (Å²) < 4.78 is 43.6. The lowest BCUT2D eigenvalue weighted by Crippen LogP contribution is -2.56. The molecule has 4 rings (SSSR count). The Morgan fingerprint density at radius 3 is 2.63 bits per heavy atom. The smallest absolute Gasteiger partial charge is 0.433 e. The first-order chi connectivity index (χ1) is 12.9. The maximum atomic E-state index is 12.7. The number of benzene rings is 1. The number of rotatable bonds is 3. The molecule has 0 bridgehead atoms. The van der Waals surface area contributed by atoms with Gasteiger partial charge in [0.1, 0.15) is 17.5 Å². The summed E-state index contributed by atoms with van der Waals surface area (Å²) in [6.07, 6.45) is -3.35. The number of fused-ring (bicyclic) bond motifs is 1. The van der Waals surface area contributed by atoms with E-state index in [1.807, 2.05) is 30.3 Å². The van der Waals surface area contributed by atoms with Crippen molar-refractivity contribution in [3.8, 4) is 5.88 Å². The molecule has 0 N–H and O–H groups in total. The second-order valence-corrected chi connectivity index (χ2v) is 6.19. The fourth-order valence-corrected chi connectivity index (χ4v) is 2.93. The molecule has 0 radical (unpaired) electrons. The minimum absolute atomic E-state index is 0.106. The molecule has 0 unspecified atom stereocenters. The van der Waals surface area contributed by atoms with Gasteiger partial charge in [0.15, 0.2) is 0 Å². The second-order valence-electron chi connectivity index (χ2n) is 6.19. The van der Waals surface area contributed by atoms with E-state index >= 15 is 0 Å². The highest BCUT2D eigenvalue weighted by molar-refractivity contribution is 6.05. The molecular weight excluding hydrogens is 359 g/mol. The number of carbonyl (C=O) groups is 1. The molecule has 3 heterocycles. The van der Waals surface area contributed by atoms with Gasteiger partial charge in [-0.25, -0.2) is 4.98 Å². The van der Waals surface area contributed by atoms with E-state index in [0.717, 1.165) is 16.8 Å². The van der Waals surface area contributed by atoms with Crippen LogP contribution in [0.2, 0.25) is 0 Å². The number of amides is 1. The van der Waals surface area contributed by atoms with E-state index in [2.05, 4.69) is 9.97 Å². The summed E-state index contributed by atoms with van der Waals surface area (Å²) in [7, 11) is 0. The van der Waals surface area contributed by atoms with Crippen LogP contribution in [-0.4, -0.2) is 40.0 Å². The third-order valence-electron chi connectivity index (χ3n) is 4.31. The third kappa shape index (κ3) is 3.42. The lowest BCUT2D eigenvalue weighted by molar-refractivity contribution is -0.141. The van der Waals surface area contributed by atoms with Crippen LogP contribution in [0.15, 0.2) is 54.7 Å². The SMILES string of the molecule is O=C(c1nccc2ccccc12)N1CC(Oc2cccc(C(F)(F)F)n2)C1. The molecule has 1 saturated heterocycles. The first kappa shape index (κ1) is 17.3. The molecule has 0 aliphatic carbocycles. The molecule has 27 heavy (non-hydrogen) atoms. The van der Waals surface area contributed by atoms with E-state index in [-0.39, 0.29) is 24.9 Å². The standard InChI is InChI=1S/C19H14F3N3O2/c20-19(21,22)15-6-3-7-16(24-15)27-13-10-25(11-13)18(26)17-14-5-2-1-4-12(14)8-9-23-17/h1-9,13H,10-11H2. The van der Waals surface area contributed by atoms with Crippen LogP contribution in [0.25, 0.3) is 10.8 Å². The number of nitrogens with zero attached hydrogens (tertiary/aromatic N) is 3. The summed E-state index contributed by atoms with van der Waals surface area (Å²) in [6.45, 7) is 0.531. The Morgan fingerprint density at radius 1 is 1.07 bits per heavy atom. The number of ether oxygens (including phenoxy) is 1. The van der Waals surface area contributed by atoms with Crippen LogP contribution >= 0.6 is 0 Å². The molecule has 138 valence electrons. The van der Waals surface area contributed by atoms with E-state index < -0.39 is 18.0 Å². The summed E-state index contributed by atoms with van der Waals surface area (Å²) in [4.78, 5) is 21.9. The van der Waals surface area contributed by atoms with Crippen molar-refractivity contribution in [2.75, 3.05) is 13.1 Å². The highest BCUT2D eigenvalue weighted by Gasteiger charge is 2.36. The van der Waals surface area contributed by atoms with Crippen molar-refractivity contribution in [2.45, 2.75) is 12.3 Å². The summed E-state index contributed by atoms with van der Waals surface area (Å²) in [5, 5.41) is 1.67. The van der Waals surface area contributed by atoms with E-state index in [9.17, 15) is 18.0 Å². The van der Waals surface area contributed by atoms with Crippen LogP contribution in [-0.2, 0) is 6.18 Å². The molecule has 0 atom stereocenters. The van der Waals surface area contributed by atoms with E-state index in [0.29, 0.717) is 5.69 Å². The molecule has 0 saturated carbocycles. The number of hydrogen-bond donors (Lipinski definition) is 0. The number of alkyl halides is 3. The normalized spacial score (nSPS) is 14.9. The van der Waals surface area contributed by atoms with Crippen molar-refractivity contribution >= 4 is 16.7 Å². The van der Waals surface area contributed by atoms with Gasteiger partial charge in [0.05, 0.1) is 13.1 Å². The monoisotopic (exact) mass is 373 g/mol. The number of hydrogen-bond acceptors (Lipinski definition) is 4. The van der Waals surface area contributed by atoms with E-state index in [1.165, 1.54) is 12.1 Å². The van der Waals surface area contributed by atoms with Crippen LogP contribution < -0.4 is 4.74 Å². The molecule has 0 spiro atoms. The Balaban J connectivity index is 1.43. The van der Waals surface area contributed by atoms with Crippen molar-refractivity contribution in [2.24, 2.45) is 0 Å². The number of aromatic nitrogens is 2. The molecule has 1 aromatic carbocycles. The molecule has 8 heteroatoms. The van der Waals surface area contributed by atoms with Gasteiger partial charge in [-0.3, -0.25) is 9.78 Å². The van der Waals surface area contributed by atoms with Gasteiger partial charge in [-0.15, -0.1) is 0 Å². The Kier molecular flexibility index (Phi) is 4.18. The zero-order chi connectivity index (χ0) is 19.0. The molecule has 3 aromatic rings. The minimum atomic E-state index is -4.53. The zero-order valence-electron chi connectivity index (χ0n) is 14.0. The first-order valence-electron chi connectivity index (χ1n) is 8.26. The van der Waals surface area contributed by atoms with Gasteiger partial charge in [0.25, 0.3) is 5.91 Å². The van der Waals surface area contributed by atoms with Gasteiger partial charge < -0.3 is 9.64 Å². The van der Waals surface area contributed by atoms with Gasteiger partial charge in [0.2, 0.25) is 5.88 Å². The van der Waals surface area contributed by atoms with Crippen LogP contribution in [0.3, 0.4) is 0 Å². The summed E-state index contributed by atoms with van der Waals surface area (Å²) in [5.74, 6) is -0.339. The molecular formula is C19H14F3N3O2. The lowest BCUT2D eigenvalue weighted by atomic mass is 10.1. The summed E-state index contributed by atoms with van der Waals surface area (Å²) in [5.41, 5.74) is -0.657. The molecule has 1 amide bonds. The third-order valence-corrected chi connectivity index (χ3v) is 4.31. The van der Waals surface area contributed by atoms with Gasteiger partial charge in [0, 0.05) is 17.6 Å². The van der Waals surface area contributed by atoms with Crippen molar-refractivity contribution < 1.29 is 22.7 Å². The largest absolute Gasteiger partial charge is 0.471 e. The van der Waals surface area contributed by atoms with Gasteiger partial charge >= 0.3 is 6.18 Å². The molecule has 5 nitrogen and oxygen atoms in total. The Hall–Kier alpha value is -3.16. The molecule has 2 aromatic heterocycles. The van der Waals surface area contributed by atoms with Crippen LogP contribution in [0.1, 0.15) is 16.2 Å². The first-order valence-corrected chi connectivity index (χ1v) is 8.26. The van der Waals surface area contributed by atoms with Gasteiger partial charge in [-0.1, -0.05) is 30.3 Å². The van der Waals surface area contributed by atoms with Crippen LogP contribution in [0.5, 0.6) is 5.88 Å². The Bertz CT molecular complexity index is 995. The van der Waals surface area contributed by atoms with Crippen molar-refractivity contribution in [3.05, 3.63) is 66.1 Å². The molecule has 1 aliphatic heterocycles. The highest BCUT2D eigenvalue weighted by Crippen LogP contribution is 2.29. The zero-order valence-corrected chi connectivity index (χ0v) is 14.0. The molecule has 1 aliphatic rings. The fraction of sp³-hybridized carbons (Fsp3) is 0.211. The van der Waals surface area contributed by atoms with Crippen molar-refractivity contribution in [1.29, 1.82) is 0 Å².